The molecule has 2 aromatic rings. The molecule has 1 aromatic heterocycles. The van der Waals surface area contributed by atoms with E-state index >= 15 is 0 Å². The first-order valence-electron chi connectivity index (χ1n) is 4.15. The molecule has 62 valence electrons. The number of nitriles is 1. The maximum Gasteiger partial charge on any atom is 0.233 e. The fraction of sp³-hybridized carbons (Fsp3) is 0.0909. The van der Waals surface area contributed by atoms with Gasteiger partial charge in [0.1, 0.15) is 6.07 Å². The summed E-state index contributed by atoms with van der Waals surface area (Å²) in [7, 11) is 0. The van der Waals surface area contributed by atoms with E-state index in [2.05, 4.69) is 12.1 Å². The molecular formula is C11H9N2+. The maximum absolute atomic E-state index is 8.52. The number of hydrogen-bond donors (Lipinski definition) is 0. The summed E-state index contributed by atoms with van der Waals surface area (Å²) in [5, 5.41) is 10.9. The predicted octanol–water partition coefficient (Wildman–Crippen LogP) is 1.65. The van der Waals surface area contributed by atoms with E-state index in [1.54, 1.807) is 0 Å². The van der Waals surface area contributed by atoms with E-state index < -0.39 is 0 Å². The van der Waals surface area contributed by atoms with Crippen molar-refractivity contribution in [3.8, 4) is 6.07 Å². The Labute approximate surface area is 76.7 Å². The Kier molecular flexibility index (Phi) is 1.93. The number of nitrogens with zero attached hydrogens (tertiary/aromatic N) is 2. The van der Waals surface area contributed by atoms with Crippen molar-refractivity contribution >= 4 is 10.8 Å². The molecular weight excluding hydrogens is 160 g/mol. The lowest BCUT2D eigenvalue weighted by Gasteiger charge is -1.94. The highest BCUT2D eigenvalue weighted by molar-refractivity contribution is 5.80. The second kappa shape index (κ2) is 3.24. The van der Waals surface area contributed by atoms with Gasteiger partial charge >= 0.3 is 0 Å². The number of benzene rings is 1. The van der Waals surface area contributed by atoms with Crippen LogP contribution in [0, 0.1) is 11.3 Å². The first kappa shape index (κ1) is 7.75. The number of rotatable bonds is 1. The maximum atomic E-state index is 8.52. The van der Waals surface area contributed by atoms with Crippen LogP contribution in [0.2, 0.25) is 0 Å². The highest BCUT2D eigenvalue weighted by Crippen LogP contribution is 2.09. The Morgan fingerprint density at radius 2 is 1.92 bits per heavy atom. The molecule has 2 nitrogen and oxygen atoms in total. The molecule has 0 radical (unpaired) electrons. The Bertz CT molecular complexity index is 469. The van der Waals surface area contributed by atoms with Crippen LogP contribution in [-0.4, -0.2) is 0 Å². The Morgan fingerprint density at radius 1 is 1.15 bits per heavy atom. The van der Waals surface area contributed by atoms with Gasteiger partial charge in [-0.15, -0.1) is 0 Å². The van der Waals surface area contributed by atoms with Crippen molar-refractivity contribution < 1.29 is 4.57 Å². The first-order chi connectivity index (χ1) is 6.40. The molecule has 1 aromatic carbocycles. The van der Waals surface area contributed by atoms with Crippen LogP contribution in [0.1, 0.15) is 0 Å². The van der Waals surface area contributed by atoms with Crippen LogP contribution in [0.25, 0.3) is 10.8 Å². The topological polar surface area (TPSA) is 27.7 Å². The van der Waals surface area contributed by atoms with Crippen LogP contribution in [-0.2, 0) is 6.54 Å². The summed E-state index contributed by atoms with van der Waals surface area (Å²) >= 11 is 0. The van der Waals surface area contributed by atoms with Gasteiger partial charge in [0.2, 0.25) is 6.54 Å². The average Bonchev–Trinajstić information content (AvgIpc) is 2.18. The molecule has 2 heteroatoms. The Hall–Kier alpha value is -1.88. The van der Waals surface area contributed by atoms with Crippen molar-refractivity contribution in [2.75, 3.05) is 0 Å². The van der Waals surface area contributed by atoms with E-state index in [1.807, 2.05) is 41.2 Å². The van der Waals surface area contributed by atoms with Gasteiger partial charge in [0.25, 0.3) is 0 Å². The van der Waals surface area contributed by atoms with E-state index in [-0.39, 0.29) is 0 Å². The van der Waals surface area contributed by atoms with Gasteiger partial charge in [-0.1, -0.05) is 18.2 Å². The van der Waals surface area contributed by atoms with Gasteiger partial charge in [0, 0.05) is 11.5 Å². The van der Waals surface area contributed by atoms with Crippen LogP contribution in [0.5, 0.6) is 0 Å². The molecule has 0 N–H and O–H groups in total. The summed E-state index contributed by atoms with van der Waals surface area (Å²) in [6.07, 6.45) is 3.91. The zero-order valence-electron chi connectivity index (χ0n) is 7.14. The minimum atomic E-state index is 0.408. The lowest BCUT2D eigenvalue weighted by atomic mass is 10.2. The molecule has 0 atom stereocenters. The molecule has 2 rings (SSSR count). The molecule has 1 heterocycles. The molecule has 0 saturated carbocycles. The minimum Gasteiger partial charge on any atom is -0.191 e. The zero-order valence-corrected chi connectivity index (χ0v) is 7.14. The molecule has 0 aliphatic rings. The third kappa shape index (κ3) is 1.50. The van der Waals surface area contributed by atoms with Crippen molar-refractivity contribution in [1.82, 2.24) is 0 Å². The summed E-state index contributed by atoms with van der Waals surface area (Å²) in [6, 6.07) is 12.2. The molecule has 0 spiro atoms. The summed E-state index contributed by atoms with van der Waals surface area (Å²) in [4.78, 5) is 0. The van der Waals surface area contributed by atoms with Crippen molar-refractivity contribution in [1.29, 1.82) is 5.26 Å². The fourth-order valence-corrected chi connectivity index (χ4v) is 1.36. The predicted molar refractivity (Wildman–Crippen MR) is 49.8 cm³/mol. The van der Waals surface area contributed by atoms with E-state index in [0.29, 0.717) is 6.54 Å². The number of hydrogen-bond acceptors (Lipinski definition) is 1. The van der Waals surface area contributed by atoms with Crippen molar-refractivity contribution in [3.05, 3.63) is 42.7 Å². The monoisotopic (exact) mass is 169 g/mol. The average molecular weight is 169 g/mol. The first-order valence-corrected chi connectivity index (χ1v) is 4.15. The number of aromatic nitrogens is 1. The summed E-state index contributed by atoms with van der Waals surface area (Å²) in [5.41, 5.74) is 0. The van der Waals surface area contributed by atoms with Crippen LogP contribution in [0.4, 0.5) is 0 Å². The normalized spacial score (nSPS) is 9.77. The molecule has 13 heavy (non-hydrogen) atoms. The second-order valence-corrected chi connectivity index (χ2v) is 2.90. The van der Waals surface area contributed by atoms with Gasteiger partial charge in [-0.3, -0.25) is 0 Å². The lowest BCUT2D eigenvalue weighted by Crippen LogP contribution is -2.31. The van der Waals surface area contributed by atoms with Gasteiger partial charge in [0.05, 0.1) is 0 Å². The van der Waals surface area contributed by atoms with Crippen LogP contribution < -0.4 is 4.57 Å². The van der Waals surface area contributed by atoms with E-state index in [1.165, 1.54) is 10.8 Å². The van der Waals surface area contributed by atoms with E-state index in [0.717, 1.165) is 0 Å². The molecule has 0 aliphatic heterocycles. The smallest absolute Gasteiger partial charge is 0.191 e. The quantitative estimate of drug-likeness (QED) is 0.596. The highest BCUT2D eigenvalue weighted by Gasteiger charge is 1.99. The third-order valence-corrected chi connectivity index (χ3v) is 2.00. The molecule has 0 bridgehead atoms. The Balaban J connectivity index is 2.57. The van der Waals surface area contributed by atoms with Gasteiger partial charge < -0.3 is 0 Å². The third-order valence-electron chi connectivity index (χ3n) is 2.00. The summed E-state index contributed by atoms with van der Waals surface area (Å²) in [6.45, 7) is 0.408. The fourth-order valence-electron chi connectivity index (χ4n) is 1.36. The Morgan fingerprint density at radius 3 is 2.69 bits per heavy atom. The van der Waals surface area contributed by atoms with Gasteiger partial charge in [0.15, 0.2) is 12.4 Å². The highest BCUT2D eigenvalue weighted by atomic mass is 14.9. The zero-order chi connectivity index (χ0) is 9.10. The van der Waals surface area contributed by atoms with Crippen molar-refractivity contribution in [2.24, 2.45) is 0 Å². The SMILES string of the molecule is N#CC[n+]1ccc2ccccc2c1. The largest absolute Gasteiger partial charge is 0.233 e. The van der Waals surface area contributed by atoms with Crippen LogP contribution in [0.15, 0.2) is 42.7 Å². The molecule has 0 unspecified atom stereocenters. The summed E-state index contributed by atoms with van der Waals surface area (Å²) in [5.74, 6) is 0. The van der Waals surface area contributed by atoms with Gasteiger partial charge in [-0.05, 0) is 11.5 Å². The van der Waals surface area contributed by atoms with Crippen molar-refractivity contribution in [2.45, 2.75) is 6.54 Å². The van der Waals surface area contributed by atoms with Gasteiger partial charge in [-0.2, -0.15) is 9.83 Å². The number of pyridine rings is 1. The lowest BCUT2D eigenvalue weighted by molar-refractivity contribution is -0.683. The van der Waals surface area contributed by atoms with E-state index in [9.17, 15) is 0 Å². The molecule has 0 fully saturated rings. The minimum absolute atomic E-state index is 0.408. The van der Waals surface area contributed by atoms with Crippen LogP contribution in [0.3, 0.4) is 0 Å². The van der Waals surface area contributed by atoms with Gasteiger partial charge in [-0.25, -0.2) is 0 Å². The number of fused-ring (bicyclic) bond motifs is 1. The summed E-state index contributed by atoms with van der Waals surface area (Å²) < 4.78 is 1.88. The molecule has 0 saturated heterocycles. The molecule has 0 amide bonds. The van der Waals surface area contributed by atoms with E-state index in [4.69, 9.17) is 5.26 Å². The van der Waals surface area contributed by atoms with Crippen LogP contribution >= 0.6 is 0 Å². The molecule has 0 aliphatic carbocycles. The van der Waals surface area contributed by atoms with Crippen molar-refractivity contribution in [3.63, 3.8) is 0 Å². The standard InChI is InChI=1S/C11H9N2/c12-6-8-13-7-5-10-3-1-2-4-11(10)9-13/h1-5,7,9H,8H2/q+1. The second-order valence-electron chi connectivity index (χ2n) is 2.90.